The Morgan fingerprint density at radius 1 is 1.67 bits per heavy atom. The van der Waals surface area contributed by atoms with Crippen molar-refractivity contribution in [2.24, 2.45) is 5.73 Å². The minimum Gasteiger partial charge on any atom is -0.394 e. The molecular weight excluding hydrogens is 122 g/mol. The molecule has 0 aromatic rings. The largest absolute Gasteiger partial charge is 0.394 e. The number of ether oxygens (including phenoxy) is 2. The van der Waals surface area contributed by atoms with Gasteiger partial charge in [0.05, 0.1) is 13.2 Å². The molecule has 1 heterocycles. The van der Waals surface area contributed by atoms with Gasteiger partial charge in [0.15, 0.2) is 6.29 Å². The van der Waals surface area contributed by atoms with Crippen LogP contribution in [0.25, 0.3) is 0 Å². The van der Waals surface area contributed by atoms with Crippen LogP contribution in [0.3, 0.4) is 0 Å². The van der Waals surface area contributed by atoms with Crippen LogP contribution in [0, 0.1) is 0 Å². The quantitative estimate of drug-likeness (QED) is 0.490. The molecule has 0 radical (unpaired) electrons. The number of aliphatic hydroxyl groups excluding tert-OH is 1. The summed E-state index contributed by atoms with van der Waals surface area (Å²) in [5.41, 5.74) is 5.22. The van der Waals surface area contributed by atoms with E-state index in [2.05, 4.69) is 0 Å². The highest BCUT2D eigenvalue weighted by Gasteiger charge is 2.23. The molecule has 0 amide bonds. The SMILES string of the molecule is NCC1OCC(CO)O1. The summed E-state index contributed by atoms with van der Waals surface area (Å²) in [7, 11) is 0. The first kappa shape index (κ1) is 6.95. The van der Waals surface area contributed by atoms with Crippen LogP contribution in [0.1, 0.15) is 0 Å². The van der Waals surface area contributed by atoms with Crippen molar-refractivity contribution in [1.29, 1.82) is 0 Å². The number of nitrogens with two attached hydrogens (primary N) is 1. The van der Waals surface area contributed by atoms with Gasteiger partial charge in [0.1, 0.15) is 6.10 Å². The second-order valence-electron chi connectivity index (χ2n) is 1.94. The van der Waals surface area contributed by atoms with Crippen molar-refractivity contribution in [3.05, 3.63) is 0 Å². The fourth-order valence-corrected chi connectivity index (χ4v) is 0.727. The Kier molecular flexibility index (Phi) is 2.41. The van der Waals surface area contributed by atoms with Gasteiger partial charge in [-0.15, -0.1) is 0 Å². The fourth-order valence-electron chi connectivity index (χ4n) is 0.727. The van der Waals surface area contributed by atoms with E-state index < -0.39 is 0 Å². The standard InChI is InChI=1S/C5H11NO3/c6-1-5-8-3-4(2-7)9-5/h4-5,7H,1-3,6H2. The molecule has 0 spiro atoms. The first-order valence-electron chi connectivity index (χ1n) is 2.95. The molecule has 4 nitrogen and oxygen atoms in total. The molecule has 0 aromatic heterocycles. The molecule has 2 unspecified atom stereocenters. The highest BCUT2D eigenvalue weighted by Crippen LogP contribution is 2.08. The predicted octanol–water partition coefficient (Wildman–Crippen LogP) is -1.32. The van der Waals surface area contributed by atoms with Crippen molar-refractivity contribution in [3.63, 3.8) is 0 Å². The second-order valence-corrected chi connectivity index (χ2v) is 1.94. The molecule has 1 aliphatic rings. The second kappa shape index (κ2) is 3.12. The van der Waals surface area contributed by atoms with Gasteiger partial charge in [0.25, 0.3) is 0 Å². The topological polar surface area (TPSA) is 64.7 Å². The van der Waals surface area contributed by atoms with Gasteiger partial charge in [0.2, 0.25) is 0 Å². The third-order valence-electron chi connectivity index (χ3n) is 1.21. The maximum Gasteiger partial charge on any atom is 0.170 e. The van der Waals surface area contributed by atoms with Crippen LogP contribution < -0.4 is 5.73 Å². The van der Waals surface area contributed by atoms with Crippen molar-refractivity contribution in [3.8, 4) is 0 Å². The predicted molar refractivity (Wildman–Crippen MR) is 30.8 cm³/mol. The third kappa shape index (κ3) is 1.62. The minimum absolute atomic E-state index is 0.0104. The molecule has 54 valence electrons. The Balaban J connectivity index is 2.20. The lowest BCUT2D eigenvalue weighted by Crippen LogP contribution is -2.22. The van der Waals surface area contributed by atoms with Crippen LogP contribution in [0.4, 0.5) is 0 Å². The first-order valence-corrected chi connectivity index (χ1v) is 2.95. The van der Waals surface area contributed by atoms with E-state index >= 15 is 0 Å². The summed E-state index contributed by atoms with van der Waals surface area (Å²) >= 11 is 0. The molecule has 1 aliphatic heterocycles. The molecule has 9 heavy (non-hydrogen) atoms. The maximum atomic E-state index is 8.53. The molecule has 3 N–H and O–H groups in total. The summed E-state index contributed by atoms with van der Waals surface area (Å²) in [5.74, 6) is 0. The summed E-state index contributed by atoms with van der Waals surface area (Å²) in [6.07, 6.45) is -0.472. The lowest BCUT2D eigenvalue weighted by atomic mass is 10.4. The summed E-state index contributed by atoms with van der Waals surface area (Å²) in [4.78, 5) is 0. The van der Waals surface area contributed by atoms with E-state index in [0.29, 0.717) is 13.2 Å². The maximum absolute atomic E-state index is 8.53. The normalized spacial score (nSPS) is 35.3. The van der Waals surface area contributed by atoms with Crippen LogP contribution in [0.15, 0.2) is 0 Å². The molecular formula is C5H11NO3. The monoisotopic (exact) mass is 133 g/mol. The zero-order valence-electron chi connectivity index (χ0n) is 5.12. The number of hydrogen-bond donors (Lipinski definition) is 2. The van der Waals surface area contributed by atoms with Gasteiger partial charge in [-0.25, -0.2) is 0 Å². The molecule has 0 bridgehead atoms. The average molecular weight is 133 g/mol. The molecule has 0 aromatic carbocycles. The van der Waals surface area contributed by atoms with E-state index in [1.54, 1.807) is 0 Å². The van der Waals surface area contributed by atoms with Gasteiger partial charge in [-0.1, -0.05) is 0 Å². The van der Waals surface area contributed by atoms with E-state index in [-0.39, 0.29) is 19.0 Å². The fraction of sp³-hybridized carbons (Fsp3) is 1.00. The van der Waals surface area contributed by atoms with E-state index in [1.165, 1.54) is 0 Å². The highest BCUT2D eigenvalue weighted by atomic mass is 16.7. The Labute approximate surface area is 53.6 Å². The van der Waals surface area contributed by atoms with Gasteiger partial charge in [0, 0.05) is 6.54 Å². The highest BCUT2D eigenvalue weighted by molar-refractivity contribution is 4.63. The van der Waals surface area contributed by atoms with Gasteiger partial charge >= 0.3 is 0 Å². The Bertz CT molecular complexity index is 78.3. The van der Waals surface area contributed by atoms with Crippen LogP contribution in [0.5, 0.6) is 0 Å². The average Bonchev–Trinajstić information content (AvgIpc) is 2.34. The molecule has 4 heteroatoms. The number of aliphatic hydroxyl groups is 1. The van der Waals surface area contributed by atoms with Gasteiger partial charge < -0.3 is 20.3 Å². The Hall–Kier alpha value is -0.160. The van der Waals surface area contributed by atoms with E-state index in [9.17, 15) is 0 Å². The van der Waals surface area contributed by atoms with Crippen molar-refractivity contribution >= 4 is 0 Å². The van der Waals surface area contributed by atoms with Crippen LogP contribution >= 0.6 is 0 Å². The number of rotatable bonds is 2. The Morgan fingerprint density at radius 2 is 2.44 bits per heavy atom. The van der Waals surface area contributed by atoms with E-state index in [1.807, 2.05) is 0 Å². The van der Waals surface area contributed by atoms with Gasteiger partial charge in [-0.05, 0) is 0 Å². The third-order valence-corrected chi connectivity index (χ3v) is 1.21. The molecule has 1 rings (SSSR count). The zero-order valence-corrected chi connectivity index (χ0v) is 5.12. The molecule has 2 atom stereocenters. The van der Waals surface area contributed by atoms with Crippen molar-refractivity contribution < 1.29 is 14.6 Å². The van der Waals surface area contributed by atoms with Crippen molar-refractivity contribution in [1.82, 2.24) is 0 Å². The zero-order chi connectivity index (χ0) is 6.69. The van der Waals surface area contributed by atoms with Gasteiger partial charge in [-0.3, -0.25) is 0 Å². The number of hydrogen-bond acceptors (Lipinski definition) is 4. The molecule has 0 aliphatic carbocycles. The summed E-state index contributed by atoms with van der Waals surface area (Å²) in [6, 6.07) is 0. The van der Waals surface area contributed by atoms with Crippen LogP contribution in [-0.2, 0) is 9.47 Å². The molecule has 1 saturated heterocycles. The van der Waals surface area contributed by atoms with Crippen LogP contribution in [0.2, 0.25) is 0 Å². The van der Waals surface area contributed by atoms with Gasteiger partial charge in [-0.2, -0.15) is 0 Å². The van der Waals surface area contributed by atoms with E-state index in [0.717, 1.165) is 0 Å². The van der Waals surface area contributed by atoms with Crippen molar-refractivity contribution in [2.75, 3.05) is 19.8 Å². The first-order chi connectivity index (χ1) is 4.36. The lowest BCUT2D eigenvalue weighted by molar-refractivity contribution is -0.0570. The summed E-state index contributed by atoms with van der Waals surface area (Å²) in [5, 5.41) is 8.53. The molecule has 1 fully saturated rings. The molecule has 0 saturated carbocycles. The van der Waals surface area contributed by atoms with E-state index in [4.69, 9.17) is 20.3 Å². The van der Waals surface area contributed by atoms with Crippen LogP contribution in [-0.4, -0.2) is 37.3 Å². The minimum atomic E-state index is -0.304. The smallest absolute Gasteiger partial charge is 0.170 e. The van der Waals surface area contributed by atoms with Crippen molar-refractivity contribution in [2.45, 2.75) is 12.4 Å². The summed E-state index contributed by atoms with van der Waals surface area (Å²) in [6.45, 7) is 0.825. The lowest BCUT2D eigenvalue weighted by Gasteiger charge is -2.05. The summed E-state index contributed by atoms with van der Waals surface area (Å²) < 4.78 is 10.1. The Morgan fingerprint density at radius 3 is 2.78 bits per heavy atom.